The molecule has 0 spiro atoms. The summed E-state index contributed by atoms with van der Waals surface area (Å²) in [7, 11) is 0. The van der Waals surface area contributed by atoms with E-state index in [-0.39, 0.29) is 18.4 Å². The van der Waals surface area contributed by atoms with Crippen LogP contribution in [-0.2, 0) is 30.3 Å². The van der Waals surface area contributed by atoms with Crippen molar-refractivity contribution >= 4 is 11.8 Å². The second kappa shape index (κ2) is 9.91. The summed E-state index contributed by atoms with van der Waals surface area (Å²) in [5, 5.41) is 7.81. The van der Waals surface area contributed by atoms with Gasteiger partial charge in [-0.15, -0.1) is 5.10 Å². The lowest BCUT2D eigenvalue weighted by Gasteiger charge is -2.13. The Bertz CT molecular complexity index is 554. The molecule has 2 amide bonds. The van der Waals surface area contributed by atoms with E-state index in [1.54, 1.807) is 4.68 Å². The van der Waals surface area contributed by atoms with Crippen molar-refractivity contribution in [3.63, 3.8) is 0 Å². The first-order valence-corrected chi connectivity index (χ1v) is 7.80. The van der Waals surface area contributed by atoms with Crippen LogP contribution in [0.2, 0.25) is 0 Å². The highest BCUT2D eigenvalue weighted by molar-refractivity contribution is 6.12. The summed E-state index contributed by atoms with van der Waals surface area (Å²) in [6.45, 7) is 5.47. The smallest absolute Gasteiger partial charge is 0.253 e. The number of carbonyl (C=O) groups excluding carboxylic acids is 2. The first kappa shape index (κ1) is 18.2. The van der Waals surface area contributed by atoms with E-state index in [0.29, 0.717) is 46.2 Å². The van der Waals surface area contributed by atoms with E-state index in [2.05, 4.69) is 10.3 Å². The second-order valence-corrected chi connectivity index (χ2v) is 5.12. The maximum Gasteiger partial charge on any atom is 0.253 e. The van der Waals surface area contributed by atoms with Gasteiger partial charge in [0.2, 0.25) is 0 Å². The van der Waals surface area contributed by atoms with Gasteiger partial charge in [0.05, 0.1) is 58.4 Å². The monoisotopic (exact) mass is 338 g/mol. The second-order valence-electron chi connectivity index (χ2n) is 5.12. The van der Waals surface area contributed by atoms with Gasteiger partial charge in [0.15, 0.2) is 0 Å². The molecule has 0 aromatic carbocycles. The molecule has 24 heavy (non-hydrogen) atoms. The van der Waals surface area contributed by atoms with Crippen molar-refractivity contribution in [2.75, 3.05) is 46.2 Å². The Kier molecular flexibility index (Phi) is 7.53. The molecule has 132 valence electrons. The molecule has 0 fully saturated rings. The summed E-state index contributed by atoms with van der Waals surface area (Å²) in [6.07, 6.45) is 4.38. The molecule has 9 heteroatoms. The zero-order chi connectivity index (χ0) is 17.2. The fourth-order valence-corrected chi connectivity index (χ4v) is 2.01. The van der Waals surface area contributed by atoms with Gasteiger partial charge >= 0.3 is 0 Å². The van der Waals surface area contributed by atoms with Crippen LogP contribution in [0.1, 0.15) is 5.69 Å². The molecule has 2 heterocycles. The zero-order valence-corrected chi connectivity index (χ0v) is 13.7. The number of carbonyl (C=O) groups is 2. The van der Waals surface area contributed by atoms with Gasteiger partial charge in [-0.25, -0.2) is 4.68 Å². The van der Waals surface area contributed by atoms with E-state index in [1.807, 2.05) is 13.1 Å². The molecule has 9 nitrogen and oxygen atoms in total. The molecule has 1 aliphatic heterocycles. The number of hydrogen-bond acceptors (Lipinski definition) is 7. The average Bonchev–Trinajstić information content (AvgIpc) is 3.12. The van der Waals surface area contributed by atoms with Crippen LogP contribution in [0, 0.1) is 6.92 Å². The molecule has 0 saturated carbocycles. The van der Waals surface area contributed by atoms with E-state index >= 15 is 0 Å². The number of aromatic nitrogens is 3. The van der Waals surface area contributed by atoms with Gasteiger partial charge in [0.1, 0.15) is 0 Å². The average molecular weight is 338 g/mol. The number of ether oxygens (including phenoxy) is 3. The lowest BCUT2D eigenvalue weighted by atomic mass is 10.5. The lowest BCUT2D eigenvalue weighted by molar-refractivity contribution is -0.137. The molecular weight excluding hydrogens is 316 g/mol. The Hall–Kier alpha value is -2.10. The molecule has 0 N–H and O–H groups in total. The van der Waals surface area contributed by atoms with Gasteiger partial charge in [-0.3, -0.25) is 14.5 Å². The van der Waals surface area contributed by atoms with Gasteiger partial charge in [0, 0.05) is 18.3 Å². The summed E-state index contributed by atoms with van der Waals surface area (Å²) < 4.78 is 17.8. The Morgan fingerprint density at radius 1 is 0.875 bits per heavy atom. The Morgan fingerprint density at radius 2 is 1.42 bits per heavy atom. The standard InChI is InChI=1S/C15H22N4O5/c1-13-12-18(17-16-13)4-6-22-8-10-24-11-9-23-7-5-19-14(20)2-3-15(19)21/h2-3,12H,4-11H2,1H3. The maximum absolute atomic E-state index is 11.3. The third-order valence-electron chi connectivity index (χ3n) is 3.22. The molecular formula is C15H22N4O5. The predicted molar refractivity (Wildman–Crippen MR) is 83.1 cm³/mol. The lowest BCUT2D eigenvalue weighted by Crippen LogP contribution is -2.33. The number of imide groups is 1. The molecule has 0 unspecified atom stereocenters. The van der Waals surface area contributed by atoms with E-state index in [4.69, 9.17) is 14.2 Å². The summed E-state index contributed by atoms with van der Waals surface area (Å²) in [5.41, 5.74) is 0.882. The fourth-order valence-electron chi connectivity index (χ4n) is 2.01. The minimum absolute atomic E-state index is 0.259. The third-order valence-corrected chi connectivity index (χ3v) is 3.22. The molecule has 0 atom stereocenters. The van der Waals surface area contributed by atoms with E-state index in [1.165, 1.54) is 12.2 Å². The molecule has 1 aromatic rings. The van der Waals surface area contributed by atoms with Gasteiger partial charge < -0.3 is 14.2 Å². The van der Waals surface area contributed by atoms with E-state index < -0.39 is 0 Å². The molecule has 0 saturated heterocycles. The first-order valence-electron chi connectivity index (χ1n) is 7.80. The quantitative estimate of drug-likeness (QED) is 0.377. The van der Waals surface area contributed by atoms with Crippen LogP contribution < -0.4 is 0 Å². The Morgan fingerprint density at radius 3 is 1.96 bits per heavy atom. The van der Waals surface area contributed by atoms with Crippen LogP contribution in [0.3, 0.4) is 0 Å². The molecule has 2 rings (SSSR count). The topological polar surface area (TPSA) is 95.8 Å². The molecule has 1 aliphatic rings. The SMILES string of the molecule is Cc1cn(CCOCCOCCOCCN2C(=O)C=CC2=O)nn1. The number of rotatable bonds is 12. The highest BCUT2D eigenvalue weighted by atomic mass is 16.5. The number of hydrogen-bond donors (Lipinski definition) is 0. The minimum Gasteiger partial charge on any atom is -0.377 e. The predicted octanol–water partition coefficient (Wildman–Crippen LogP) is -0.439. The van der Waals surface area contributed by atoms with Crippen molar-refractivity contribution in [1.82, 2.24) is 19.9 Å². The van der Waals surface area contributed by atoms with Crippen molar-refractivity contribution in [2.24, 2.45) is 0 Å². The van der Waals surface area contributed by atoms with E-state index in [9.17, 15) is 9.59 Å². The summed E-state index contributed by atoms with van der Waals surface area (Å²) in [5.74, 6) is -0.587. The van der Waals surface area contributed by atoms with Crippen LogP contribution in [0.4, 0.5) is 0 Å². The highest BCUT2D eigenvalue weighted by Gasteiger charge is 2.22. The largest absolute Gasteiger partial charge is 0.377 e. The van der Waals surface area contributed by atoms with Gasteiger partial charge in [-0.05, 0) is 6.92 Å². The van der Waals surface area contributed by atoms with Crippen molar-refractivity contribution < 1.29 is 23.8 Å². The maximum atomic E-state index is 11.3. The summed E-state index contributed by atoms with van der Waals surface area (Å²) >= 11 is 0. The summed E-state index contributed by atoms with van der Waals surface area (Å²) in [4.78, 5) is 23.7. The normalized spacial score (nSPS) is 14.1. The molecule has 1 aromatic heterocycles. The minimum atomic E-state index is -0.293. The number of amides is 2. The zero-order valence-electron chi connectivity index (χ0n) is 13.7. The first-order chi connectivity index (χ1) is 11.7. The van der Waals surface area contributed by atoms with Crippen LogP contribution >= 0.6 is 0 Å². The van der Waals surface area contributed by atoms with Gasteiger partial charge in [-0.2, -0.15) is 0 Å². The highest BCUT2D eigenvalue weighted by Crippen LogP contribution is 2.02. The van der Waals surface area contributed by atoms with Crippen molar-refractivity contribution in [3.8, 4) is 0 Å². The molecule has 0 aliphatic carbocycles. The van der Waals surface area contributed by atoms with Crippen molar-refractivity contribution in [3.05, 3.63) is 24.0 Å². The third kappa shape index (κ3) is 6.19. The number of aryl methyl sites for hydroxylation is 1. The Labute approximate surface area is 140 Å². The van der Waals surface area contributed by atoms with Crippen molar-refractivity contribution in [1.29, 1.82) is 0 Å². The van der Waals surface area contributed by atoms with Crippen LogP contribution in [-0.4, -0.2) is 77.9 Å². The van der Waals surface area contributed by atoms with Crippen LogP contribution in [0.5, 0.6) is 0 Å². The number of nitrogens with zero attached hydrogens (tertiary/aromatic N) is 4. The van der Waals surface area contributed by atoms with Crippen LogP contribution in [0.15, 0.2) is 18.3 Å². The van der Waals surface area contributed by atoms with Crippen LogP contribution in [0.25, 0.3) is 0 Å². The fraction of sp³-hybridized carbons (Fsp3) is 0.600. The summed E-state index contributed by atoms with van der Waals surface area (Å²) in [6, 6.07) is 0. The Balaban J connectivity index is 1.35. The van der Waals surface area contributed by atoms with Crippen molar-refractivity contribution in [2.45, 2.75) is 13.5 Å². The molecule has 0 radical (unpaired) electrons. The van der Waals surface area contributed by atoms with Gasteiger partial charge in [-0.1, -0.05) is 5.21 Å². The van der Waals surface area contributed by atoms with Gasteiger partial charge in [0.25, 0.3) is 11.8 Å². The molecule has 0 bridgehead atoms. The van der Waals surface area contributed by atoms with E-state index in [0.717, 1.165) is 10.6 Å².